The van der Waals surface area contributed by atoms with Crippen LogP contribution in [0.4, 0.5) is 30.4 Å². The van der Waals surface area contributed by atoms with Crippen LogP contribution < -0.4 is 16.0 Å². The average molecular weight is 480 g/mol. The van der Waals surface area contributed by atoms with Gasteiger partial charge in [0.05, 0.1) is 29.3 Å². The molecule has 1 aliphatic heterocycles. The van der Waals surface area contributed by atoms with Crippen molar-refractivity contribution >= 4 is 28.7 Å². The Kier molecular flexibility index (Phi) is 5.58. The molecule has 0 saturated carbocycles. The summed E-state index contributed by atoms with van der Waals surface area (Å²) in [4.78, 5) is 23.1. The first-order chi connectivity index (χ1) is 16.7. The normalized spacial score (nSPS) is 16.1. The number of hydrogen-bond acceptors (Lipinski definition) is 5. The number of imidazole rings is 1. The van der Waals surface area contributed by atoms with Crippen LogP contribution in [0.1, 0.15) is 39.4 Å². The van der Waals surface area contributed by atoms with E-state index in [-0.39, 0.29) is 11.6 Å². The molecular formula is C25H23F3N6O. The summed E-state index contributed by atoms with van der Waals surface area (Å²) in [6.07, 6.45) is 2.02. The third-order valence-corrected chi connectivity index (χ3v) is 6.36. The Labute approximate surface area is 199 Å². The fraction of sp³-hybridized carbons (Fsp3) is 0.240. The molecule has 0 radical (unpaired) electrons. The van der Waals surface area contributed by atoms with Crippen LogP contribution in [-0.2, 0) is 6.18 Å². The SMILES string of the molecule is Cc1ccc(C(=O)Nc2cncc(C(F)(F)F)c2)cc1[C@@H]1CCN(c2cnc3c(N)cccn23)C1. The fourth-order valence-electron chi connectivity index (χ4n) is 4.56. The molecule has 0 aliphatic carbocycles. The average Bonchev–Trinajstić information content (AvgIpc) is 3.47. The van der Waals surface area contributed by atoms with Crippen molar-refractivity contribution in [2.75, 3.05) is 29.0 Å². The number of nitrogens with one attached hydrogen (secondary N) is 1. The topological polar surface area (TPSA) is 88.5 Å². The Morgan fingerprint density at radius 1 is 1.17 bits per heavy atom. The van der Waals surface area contributed by atoms with E-state index in [1.54, 1.807) is 6.07 Å². The summed E-state index contributed by atoms with van der Waals surface area (Å²) in [5.74, 6) is 0.655. The van der Waals surface area contributed by atoms with E-state index in [1.807, 2.05) is 48.0 Å². The van der Waals surface area contributed by atoms with Crippen molar-refractivity contribution in [3.05, 3.63) is 83.4 Å². The summed E-state index contributed by atoms with van der Waals surface area (Å²) < 4.78 is 40.9. The molecule has 1 fully saturated rings. The molecule has 1 amide bonds. The number of aryl methyl sites for hydroxylation is 1. The van der Waals surface area contributed by atoms with Gasteiger partial charge in [-0.25, -0.2) is 4.98 Å². The number of nitrogens with zero attached hydrogens (tertiary/aromatic N) is 4. The molecule has 1 aliphatic rings. The van der Waals surface area contributed by atoms with Gasteiger partial charge in [0.15, 0.2) is 5.65 Å². The van der Waals surface area contributed by atoms with Gasteiger partial charge in [-0.2, -0.15) is 13.2 Å². The first-order valence-electron chi connectivity index (χ1n) is 11.1. The first kappa shape index (κ1) is 22.7. The summed E-state index contributed by atoms with van der Waals surface area (Å²) in [7, 11) is 0. The molecule has 1 atom stereocenters. The minimum Gasteiger partial charge on any atom is -0.396 e. The lowest BCUT2D eigenvalue weighted by molar-refractivity contribution is -0.137. The maximum atomic E-state index is 13.0. The maximum absolute atomic E-state index is 13.0. The number of carbonyl (C=O) groups excluding carboxylic acids is 1. The number of rotatable bonds is 4. The molecule has 35 heavy (non-hydrogen) atoms. The van der Waals surface area contributed by atoms with E-state index in [9.17, 15) is 18.0 Å². The lowest BCUT2D eigenvalue weighted by Gasteiger charge is -2.19. The van der Waals surface area contributed by atoms with Gasteiger partial charge in [-0.05, 0) is 54.8 Å². The third-order valence-electron chi connectivity index (χ3n) is 6.36. The number of halogens is 3. The Hall–Kier alpha value is -4.08. The third kappa shape index (κ3) is 4.39. The number of hydrogen-bond donors (Lipinski definition) is 2. The molecule has 0 bridgehead atoms. The highest BCUT2D eigenvalue weighted by atomic mass is 19.4. The monoisotopic (exact) mass is 480 g/mol. The minimum atomic E-state index is -4.54. The van der Waals surface area contributed by atoms with Gasteiger partial charge in [0, 0.05) is 37.0 Å². The van der Waals surface area contributed by atoms with Gasteiger partial charge in [0.1, 0.15) is 5.82 Å². The van der Waals surface area contributed by atoms with Gasteiger partial charge in [-0.3, -0.25) is 14.2 Å². The number of fused-ring (bicyclic) bond motifs is 1. The molecule has 0 spiro atoms. The molecule has 3 aromatic heterocycles. The summed E-state index contributed by atoms with van der Waals surface area (Å²) in [5.41, 5.74) is 8.90. The van der Waals surface area contributed by atoms with E-state index in [0.29, 0.717) is 16.9 Å². The van der Waals surface area contributed by atoms with E-state index in [1.165, 1.54) is 6.20 Å². The Morgan fingerprint density at radius 2 is 2.00 bits per heavy atom. The number of pyridine rings is 2. The highest BCUT2D eigenvalue weighted by Gasteiger charge is 2.31. The summed E-state index contributed by atoms with van der Waals surface area (Å²) in [6, 6.07) is 9.94. The van der Waals surface area contributed by atoms with Gasteiger partial charge in [-0.1, -0.05) is 6.07 Å². The molecule has 7 nitrogen and oxygen atoms in total. The van der Waals surface area contributed by atoms with Gasteiger partial charge < -0.3 is 16.0 Å². The van der Waals surface area contributed by atoms with Crippen molar-refractivity contribution in [2.45, 2.75) is 25.4 Å². The van der Waals surface area contributed by atoms with Crippen LogP contribution in [0.2, 0.25) is 0 Å². The number of nitrogens with two attached hydrogens (primary N) is 1. The van der Waals surface area contributed by atoms with Crippen molar-refractivity contribution in [1.82, 2.24) is 14.4 Å². The summed E-state index contributed by atoms with van der Waals surface area (Å²) in [5, 5.41) is 2.53. The number of nitrogen functional groups attached to an aromatic ring is 1. The van der Waals surface area contributed by atoms with Crippen molar-refractivity contribution < 1.29 is 18.0 Å². The fourth-order valence-corrected chi connectivity index (χ4v) is 4.56. The van der Waals surface area contributed by atoms with Crippen LogP contribution in [0.15, 0.2) is 61.2 Å². The van der Waals surface area contributed by atoms with Crippen LogP contribution in [0, 0.1) is 6.92 Å². The lowest BCUT2D eigenvalue weighted by atomic mass is 9.92. The van der Waals surface area contributed by atoms with Crippen molar-refractivity contribution in [3.8, 4) is 0 Å². The van der Waals surface area contributed by atoms with Crippen molar-refractivity contribution in [1.29, 1.82) is 0 Å². The minimum absolute atomic E-state index is 0.00845. The molecule has 180 valence electrons. The lowest BCUT2D eigenvalue weighted by Crippen LogP contribution is -2.21. The van der Waals surface area contributed by atoms with Crippen LogP contribution >= 0.6 is 0 Å². The molecule has 1 aromatic carbocycles. The number of anilines is 3. The number of aromatic nitrogens is 3. The molecule has 1 saturated heterocycles. The van der Waals surface area contributed by atoms with E-state index in [4.69, 9.17) is 5.73 Å². The maximum Gasteiger partial charge on any atom is 0.417 e. The Morgan fingerprint density at radius 3 is 2.80 bits per heavy atom. The highest BCUT2D eigenvalue weighted by molar-refractivity contribution is 6.04. The van der Waals surface area contributed by atoms with Gasteiger partial charge in [0.2, 0.25) is 0 Å². The second kappa shape index (κ2) is 8.61. The molecule has 4 heterocycles. The van der Waals surface area contributed by atoms with Crippen LogP contribution in [-0.4, -0.2) is 33.4 Å². The zero-order valence-electron chi connectivity index (χ0n) is 18.9. The quantitative estimate of drug-likeness (QED) is 0.435. The number of carbonyl (C=O) groups is 1. The predicted molar refractivity (Wildman–Crippen MR) is 128 cm³/mol. The molecule has 10 heteroatoms. The predicted octanol–water partition coefficient (Wildman–Crippen LogP) is 4.88. The summed E-state index contributed by atoms with van der Waals surface area (Å²) in [6.45, 7) is 3.55. The van der Waals surface area contributed by atoms with Crippen molar-refractivity contribution in [2.24, 2.45) is 0 Å². The molecule has 3 N–H and O–H groups in total. The van der Waals surface area contributed by atoms with E-state index >= 15 is 0 Å². The number of alkyl halides is 3. The highest BCUT2D eigenvalue weighted by Crippen LogP contribution is 2.34. The largest absolute Gasteiger partial charge is 0.417 e. The number of amides is 1. The van der Waals surface area contributed by atoms with Crippen LogP contribution in [0.5, 0.6) is 0 Å². The van der Waals surface area contributed by atoms with Crippen LogP contribution in [0.25, 0.3) is 5.65 Å². The van der Waals surface area contributed by atoms with Crippen LogP contribution in [0.3, 0.4) is 0 Å². The smallest absolute Gasteiger partial charge is 0.396 e. The standard InChI is InChI=1S/C25H23F3N6O/c1-15-4-5-16(24(35)32-19-10-18(11-30-12-19)25(26,27)28)9-20(15)17-6-8-33(14-17)22-13-31-23-21(29)3-2-7-34(22)23/h2-5,7,9-13,17H,6,8,14,29H2,1H3,(H,32,35)/t17-/m1/s1. The van der Waals surface area contributed by atoms with E-state index in [0.717, 1.165) is 48.7 Å². The van der Waals surface area contributed by atoms with E-state index in [2.05, 4.69) is 20.2 Å². The van der Waals surface area contributed by atoms with Gasteiger partial charge >= 0.3 is 6.18 Å². The van der Waals surface area contributed by atoms with Gasteiger partial charge in [0.25, 0.3) is 5.91 Å². The second-order valence-electron chi connectivity index (χ2n) is 8.69. The molecular weight excluding hydrogens is 457 g/mol. The molecule has 0 unspecified atom stereocenters. The summed E-state index contributed by atoms with van der Waals surface area (Å²) >= 11 is 0. The molecule has 5 rings (SSSR count). The zero-order chi connectivity index (χ0) is 24.7. The van der Waals surface area contributed by atoms with Crippen molar-refractivity contribution in [3.63, 3.8) is 0 Å². The zero-order valence-corrected chi connectivity index (χ0v) is 18.9. The number of benzene rings is 1. The van der Waals surface area contributed by atoms with Gasteiger partial charge in [-0.15, -0.1) is 0 Å². The Bertz CT molecular complexity index is 1410. The first-order valence-corrected chi connectivity index (χ1v) is 11.1. The van der Waals surface area contributed by atoms with E-state index < -0.39 is 17.6 Å². The molecule has 4 aromatic rings. The second-order valence-corrected chi connectivity index (χ2v) is 8.69. The Balaban J connectivity index is 1.35.